The number of aromatic nitrogens is 2. The summed E-state index contributed by atoms with van der Waals surface area (Å²) in [6.07, 6.45) is 5.25. The Morgan fingerprint density at radius 2 is 2.15 bits per heavy atom. The van der Waals surface area contributed by atoms with E-state index in [0.717, 1.165) is 6.61 Å². The number of nitrogen functional groups attached to an aromatic ring is 1. The van der Waals surface area contributed by atoms with Crippen molar-refractivity contribution in [2.45, 2.75) is 25.7 Å². The van der Waals surface area contributed by atoms with Crippen LogP contribution in [0.5, 0.6) is 5.19 Å². The van der Waals surface area contributed by atoms with Crippen molar-refractivity contribution in [3.63, 3.8) is 0 Å². The summed E-state index contributed by atoms with van der Waals surface area (Å²) < 4.78 is 5.48. The Bertz CT molecular complexity index is 270. The van der Waals surface area contributed by atoms with Crippen molar-refractivity contribution in [1.82, 2.24) is 10.2 Å². The zero-order chi connectivity index (χ0) is 9.10. The lowest BCUT2D eigenvalue weighted by molar-refractivity contribution is 0.249. The summed E-state index contributed by atoms with van der Waals surface area (Å²) in [4.78, 5) is 0. The van der Waals surface area contributed by atoms with E-state index in [9.17, 15) is 0 Å². The normalized spacial score (nSPS) is 17.8. The molecular formula is C8H13N3OS. The lowest BCUT2D eigenvalue weighted by Gasteiger charge is -2.07. The molecule has 1 aliphatic carbocycles. The third-order valence-corrected chi connectivity index (χ3v) is 3.00. The molecule has 2 N–H and O–H groups in total. The van der Waals surface area contributed by atoms with Crippen LogP contribution in [-0.2, 0) is 0 Å². The molecule has 1 heterocycles. The number of hydrogen-bond donors (Lipinski definition) is 1. The first kappa shape index (κ1) is 8.74. The standard InChI is InChI=1S/C8H13N3OS/c9-7-10-11-8(13-7)12-5-6-3-1-2-4-6/h6H,1-5H2,(H2,9,10). The molecule has 1 aromatic heterocycles. The van der Waals surface area contributed by atoms with E-state index in [0.29, 0.717) is 16.2 Å². The molecule has 0 aromatic carbocycles. The van der Waals surface area contributed by atoms with Crippen molar-refractivity contribution < 1.29 is 4.74 Å². The van der Waals surface area contributed by atoms with Crippen LogP contribution in [0.15, 0.2) is 0 Å². The average Bonchev–Trinajstić information content (AvgIpc) is 2.71. The highest BCUT2D eigenvalue weighted by atomic mass is 32.1. The first-order valence-corrected chi connectivity index (χ1v) is 5.38. The highest BCUT2D eigenvalue weighted by Gasteiger charge is 2.16. The molecule has 0 radical (unpaired) electrons. The van der Waals surface area contributed by atoms with Gasteiger partial charge in [-0.05, 0) is 30.1 Å². The minimum absolute atomic E-state index is 0.474. The Kier molecular flexibility index (Phi) is 2.63. The van der Waals surface area contributed by atoms with Crippen molar-refractivity contribution in [1.29, 1.82) is 0 Å². The van der Waals surface area contributed by atoms with Crippen LogP contribution in [0.25, 0.3) is 0 Å². The zero-order valence-corrected chi connectivity index (χ0v) is 8.22. The number of hydrogen-bond acceptors (Lipinski definition) is 5. The number of ether oxygens (including phenoxy) is 1. The molecular weight excluding hydrogens is 186 g/mol. The van der Waals surface area contributed by atoms with Gasteiger partial charge in [-0.25, -0.2) is 0 Å². The van der Waals surface area contributed by atoms with E-state index in [-0.39, 0.29) is 0 Å². The topological polar surface area (TPSA) is 61.0 Å². The molecule has 5 heteroatoms. The highest BCUT2D eigenvalue weighted by molar-refractivity contribution is 7.16. The summed E-state index contributed by atoms with van der Waals surface area (Å²) >= 11 is 1.30. The number of nitrogens with zero attached hydrogens (tertiary/aromatic N) is 2. The van der Waals surface area contributed by atoms with E-state index >= 15 is 0 Å². The Morgan fingerprint density at radius 1 is 1.38 bits per heavy atom. The monoisotopic (exact) mass is 199 g/mol. The van der Waals surface area contributed by atoms with Gasteiger partial charge in [0, 0.05) is 0 Å². The maximum Gasteiger partial charge on any atom is 0.295 e. The highest BCUT2D eigenvalue weighted by Crippen LogP contribution is 2.26. The van der Waals surface area contributed by atoms with Crippen LogP contribution in [0.2, 0.25) is 0 Å². The van der Waals surface area contributed by atoms with Gasteiger partial charge in [-0.2, -0.15) is 0 Å². The fourth-order valence-corrected chi connectivity index (χ4v) is 2.11. The van der Waals surface area contributed by atoms with E-state index in [4.69, 9.17) is 10.5 Å². The van der Waals surface area contributed by atoms with Crippen molar-refractivity contribution in [3.8, 4) is 5.19 Å². The van der Waals surface area contributed by atoms with E-state index in [1.807, 2.05) is 0 Å². The molecule has 1 aliphatic rings. The summed E-state index contributed by atoms with van der Waals surface area (Å²) in [5, 5.41) is 8.56. The van der Waals surface area contributed by atoms with Crippen LogP contribution < -0.4 is 10.5 Å². The second-order valence-corrected chi connectivity index (χ2v) is 4.34. The second kappa shape index (κ2) is 3.91. The molecule has 2 rings (SSSR count). The van der Waals surface area contributed by atoms with Crippen LogP contribution in [0.3, 0.4) is 0 Å². The number of rotatable bonds is 3. The zero-order valence-electron chi connectivity index (χ0n) is 7.40. The van der Waals surface area contributed by atoms with Crippen molar-refractivity contribution in [3.05, 3.63) is 0 Å². The molecule has 1 saturated carbocycles. The van der Waals surface area contributed by atoms with Crippen LogP contribution in [0.4, 0.5) is 5.13 Å². The summed E-state index contributed by atoms with van der Waals surface area (Å²) in [6, 6.07) is 0. The van der Waals surface area contributed by atoms with Crippen molar-refractivity contribution >= 4 is 16.5 Å². The van der Waals surface area contributed by atoms with Crippen molar-refractivity contribution in [2.75, 3.05) is 12.3 Å². The molecule has 0 atom stereocenters. The molecule has 0 bridgehead atoms. The Morgan fingerprint density at radius 3 is 2.77 bits per heavy atom. The van der Waals surface area contributed by atoms with Gasteiger partial charge in [0.15, 0.2) is 0 Å². The summed E-state index contributed by atoms with van der Waals surface area (Å²) in [6.45, 7) is 0.772. The van der Waals surface area contributed by atoms with E-state index in [2.05, 4.69) is 10.2 Å². The predicted molar refractivity (Wildman–Crippen MR) is 51.8 cm³/mol. The summed E-state index contributed by atoms with van der Waals surface area (Å²) in [5.74, 6) is 0.713. The average molecular weight is 199 g/mol. The third-order valence-electron chi connectivity index (χ3n) is 2.34. The predicted octanol–water partition coefficient (Wildman–Crippen LogP) is 1.69. The molecule has 72 valence electrons. The first-order chi connectivity index (χ1) is 6.34. The quantitative estimate of drug-likeness (QED) is 0.804. The van der Waals surface area contributed by atoms with Gasteiger partial charge in [0.2, 0.25) is 5.13 Å². The fraction of sp³-hybridized carbons (Fsp3) is 0.750. The van der Waals surface area contributed by atoms with Gasteiger partial charge >= 0.3 is 0 Å². The molecule has 1 aromatic rings. The largest absolute Gasteiger partial charge is 0.469 e. The number of anilines is 1. The summed E-state index contributed by atoms with van der Waals surface area (Å²) in [7, 11) is 0. The molecule has 4 nitrogen and oxygen atoms in total. The Hall–Kier alpha value is -0.840. The van der Waals surface area contributed by atoms with Crippen LogP contribution in [0.1, 0.15) is 25.7 Å². The van der Waals surface area contributed by atoms with Gasteiger partial charge in [-0.3, -0.25) is 0 Å². The van der Waals surface area contributed by atoms with Gasteiger partial charge in [0.05, 0.1) is 6.61 Å². The number of nitrogens with two attached hydrogens (primary N) is 1. The Balaban J connectivity index is 1.78. The first-order valence-electron chi connectivity index (χ1n) is 4.56. The van der Waals surface area contributed by atoms with E-state index in [1.165, 1.54) is 37.0 Å². The molecule has 0 aliphatic heterocycles. The molecule has 0 saturated heterocycles. The molecule has 0 spiro atoms. The molecule has 1 fully saturated rings. The lowest BCUT2D eigenvalue weighted by Crippen LogP contribution is -2.07. The van der Waals surface area contributed by atoms with Gasteiger partial charge in [0.1, 0.15) is 0 Å². The van der Waals surface area contributed by atoms with Gasteiger partial charge in [-0.15, -0.1) is 5.10 Å². The molecule has 0 amide bonds. The van der Waals surface area contributed by atoms with E-state index in [1.54, 1.807) is 0 Å². The Labute approximate surface area is 81.1 Å². The minimum atomic E-state index is 0.474. The third kappa shape index (κ3) is 2.30. The SMILES string of the molecule is Nc1nnc(OCC2CCCC2)s1. The van der Waals surface area contributed by atoms with E-state index < -0.39 is 0 Å². The molecule has 13 heavy (non-hydrogen) atoms. The summed E-state index contributed by atoms with van der Waals surface area (Å²) in [5.41, 5.74) is 5.43. The van der Waals surface area contributed by atoms with Crippen LogP contribution in [-0.4, -0.2) is 16.8 Å². The van der Waals surface area contributed by atoms with Gasteiger partial charge < -0.3 is 10.5 Å². The van der Waals surface area contributed by atoms with Crippen molar-refractivity contribution in [2.24, 2.45) is 5.92 Å². The second-order valence-electron chi connectivity index (χ2n) is 3.37. The maximum absolute atomic E-state index is 5.48. The van der Waals surface area contributed by atoms with Crippen LogP contribution >= 0.6 is 11.3 Å². The maximum atomic E-state index is 5.48. The minimum Gasteiger partial charge on any atom is -0.469 e. The van der Waals surface area contributed by atoms with Gasteiger partial charge in [0.25, 0.3) is 5.19 Å². The van der Waals surface area contributed by atoms with Gasteiger partial charge in [-0.1, -0.05) is 17.9 Å². The van der Waals surface area contributed by atoms with Crippen LogP contribution in [0, 0.1) is 5.92 Å². The molecule has 0 unspecified atom stereocenters. The lowest BCUT2D eigenvalue weighted by atomic mass is 10.1. The smallest absolute Gasteiger partial charge is 0.295 e. The fourth-order valence-electron chi connectivity index (χ4n) is 1.64.